The number of amides is 1. The van der Waals surface area contributed by atoms with Gasteiger partial charge in [-0.3, -0.25) is 4.79 Å². The number of nitrogens with zero attached hydrogens (tertiary/aromatic N) is 4. The van der Waals surface area contributed by atoms with Gasteiger partial charge in [-0.1, -0.05) is 13.8 Å². The molecular formula is C12H20N4OS. The summed E-state index contributed by atoms with van der Waals surface area (Å²) in [4.78, 5) is 20.3. The van der Waals surface area contributed by atoms with Gasteiger partial charge in [-0.25, -0.2) is 4.98 Å². The van der Waals surface area contributed by atoms with Gasteiger partial charge in [-0.2, -0.15) is 4.37 Å². The largest absolute Gasteiger partial charge is 0.349 e. The third-order valence-electron chi connectivity index (χ3n) is 3.20. The van der Waals surface area contributed by atoms with Crippen LogP contribution in [0.25, 0.3) is 0 Å². The summed E-state index contributed by atoms with van der Waals surface area (Å²) < 4.78 is 4.36. The van der Waals surface area contributed by atoms with Crippen molar-refractivity contribution in [1.29, 1.82) is 0 Å². The summed E-state index contributed by atoms with van der Waals surface area (Å²) in [7, 11) is 3.62. The quantitative estimate of drug-likeness (QED) is 0.835. The Labute approximate surface area is 112 Å². The fourth-order valence-corrected chi connectivity index (χ4v) is 2.93. The third-order valence-corrected chi connectivity index (χ3v) is 3.99. The van der Waals surface area contributed by atoms with Crippen LogP contribution in [0.1, 0.15) is 32.0 Å². The molecule has 100 valence electrons. The topological polar surface area (TPSA) is 49.3 Å². The minimum absolute atomic E-state index is 0.103. The van der Waals surface area contributed by atoms with Gasteiger partial charge >= 0.3 is 0 Å². The van der Waals surface area contributed by atoms with Crippen molar-refractivity contribution in [3.63, 3.8) is 0 Å². The second kappa shape index (κ2) is 5.22. The predicted molar refractivity (Wildman–Crippen MR) is 73.0 cm³/mol. The monoisotopic (exact) mass is 268 g/mol. The van der Waals surface area contributed by atoms with Crippen molar-refractivity contribution in [2.45, 2.75) is 26.2 Å². The van der Waals surface area contributed by atoms with Gasteiger partial charge in [-0.05, 0) is 6.42 Å². The molecule has 0 N–H and O–H groups in total. The van der Waals surface area contributed by atoms with Crippen molar-refractivity contribution in [1.82, 2.24) is 14.3 Å². The molecule has 0 bridgehead atoms. The van der Waals surface area contributed by atoms with Gasteiger partial charge in [-0.15, -0.1) is 0 Å². The van der Waals surface area contributed by atoms with Crippen LogP contribution in [-0.2, 0) is 4.79 Å². The molecule has 1 aromatic heterocycles. The molecule has 2 rings (SSSR count). The molecule has 1 fully saturated rings. The summed E-state index contributed by atoms with van der Waals surface area (Å²) in [6.45, 7) is 5.85. The van der Waals surface area contributed by atoms with Crippen LogP contribution in [0.4, 0.5) is 5.13 Å². The van der Waals surface area contributed by atoms with Crippen LogP contribution < -0.4 is 4.90 Å². The first-order valence-corrected chi connectivity index (χ1v) is 7.06. The lowest BCUT2D eigenvalue weighted by molar-refractivity contribution is -0.132. The minimum Gasteiger partial charge on any atom is -0.349 e. The Morgan fingerprint density at radius 3 is 2.78 bits per heavy atom. The Kier molecular flexibility index (Phi) is 3.85. The molecule has 1 saturated heterocycles. The fraction of sp³-hybridized carbons (Fsp3) is 0.750. The smallest absolute Gasteiger partial charge is 0.227 e. The molecular weight excluding hydrogens is 248 g/mol. The molecule has 0 aliphatic carbocycles. The summed E-state index contributed by atoms with van der Waals surface area (Å²) in [6, 6.07) is 0. The lowest BCUT2D eigenvalue weighted by atomic mass is 10.1. The molecule has 6 heteroatoms. The van der Waals surface area contributed by atoms with E-state index in [0.717, 1.165) is 30.5 Å². The molecule has 2 heterocycles. The number of carbonyl (C=O) groups is 1. The Bertz CT molecular complexity index is 429. The molecule has 1 atom stereocenters. The Hall–Kier alpha value is -1.17. The summed E-state index contributed by atoms with van der Waals surface area (Å²) in [5, 5.41) is 0.952. The minimum atomic E-state index is 0.103. The van der Waals surface area contributed by atoms with E-state index in [1.807, 2.05) is 14.1 Å². The molecule has 0 radical (unpaired) electrons. The highest BCUT2D eigenvalue weighted by Gasteiger charge is 2.31. The average Bonchev–Trinajstić information content (AvgIpc) is 2.96. The number of aromatic nitrogens is 2. The number of hydrogen-bond acceptors (Lipinski definition) is 5. The van der Waals surface area contributed by atoms with Crippen LogP contribution in [0, 0.1) is 5.92 Å². The molecule has 1 amide bonds. The molecule has 18 heavy (non-hydrogen) atoms. The van der Waals surface area contributed by atoms with Crippen molar-refractivity contribution in [3.05, 3.63) is 5.82 Å². The average molecular weight is 268 g/mol. The van der Waals surface area contributed by atoms with Gasteiger partial charge in [0.1, 0.15) is 5.82 Å². The van der Waals surface area contributed by atoms with Crippen molar-refractivity contribution in [2.75, 3.05) is 32.1 Å². The number of anilines is 1. The first-order valence-electron chi connectivity index (χ1n) is 6.28. The zero-order chi connectivity index (χ0) is 13.3. The van der Waals surface area contributed by atoms with Crippen LogP contribution in [0.5, 0.6) is 0 Å². The van der Waals surface area contributed by atoms with E-state index in [-0.39, 0.29) is 11.8 Å². The lowest BCUT2D eigenvalue weighted by Gasteiger charge is -2.17. The van der Waals surface area contributed by atoms with E-state index < -0.39 is 0 Å². The Balaban J connectivity index is 2.02. The second-order valence-electron chi connectivity index (χ2n) is 5.25. The maximum Gasteiger partial charge on any atom is 0.227 e. The number of hydrogen-bond donors (Lipinski definition) is 0. The maximum atomic E-state index is 11.9. The highest BCUT2D eigenvalue weighted by molar-refractivity contribution is 7.09. The SMILES string of the molecule is CC(C)c1nsc(N2CCC(C(=O)N(C)C)C2)n1. The van der Waals surface area contributed by atoms with Crippen LogP contribution >= 0.6 is 11.5 Å². The molecule has 0 aromatic carbocycles. The zero-order valence-electron chi connectivity index (χ0n) is 11.4. The third kappa shape index (κ3) is 2.63. The molecule has 0 spiro atoms. The summed E-state index contributed by atoms with van der Waals surface area (Å²) in [5.41, 5.74) is 0. The Morgan fingerprint density at radius 2 is 2.22 bits per heavy atom. The lowest BCUT2D eigenvalue weighted by Crippen LogP contribution is -2.31. The Morgan fingerprint density at radius 1 is 1.50 bits per heavy atom. The van der Waals surface area contributed by atoms with E-state index >= 15 is 0 Å². The van der Waals surface area contributed by atoms with E-state index in [1.165, 1.54) is 11.5 Å². The van der Waals surface area contributed by atoms with Crippen LogP contribution in [-0.4, -0.2) is 47.3 Å². The van der Waals surface area contributed by atoms with Crippen molar-refractivity contribution >= 4 is 22.6 Å². The first kappa shape index (κ1) is 13.3. The van der Waals surface area contributed by atoms with Gasteiger partial charge in [0.15, 0.2) is 0 Å². The zero-order valence-corrected chi connectivity index (χ0v) is 12.2. The molecule has 1 unspecified atom stereocenters. The predicted octanol–water partition coefficient (Wildman–Crippen LogP) is 1.58. The number of carbonyl (C=O) groups excluding carboxylic acids is 1. The molecule has 1 aromatic rings. The summed E-state index contributed by atoms with van der Waals surface area (Å²) in [6.07, 6.45) is 0.910. The van der Waals surface area contributed by atoms with Crippen molar-refractivity contribution in [2.24, 2.45) is 5.92 Å². The van der Waals surface area contributed by atoms with Gasteiger partial charge in [0, 0.05) is 44.6 Å². The second-order valence-corrected chi connectivity index (χ2v) is 5.98. The first-order chi connectivity index (χ1) is 8.49. The molecule has 1 aliphatic heterocycles. The van der Waals surface area contributed by atoms with Gasteiger partial charge in [0.05, 0.1) is 5.92 Å². The summed E-state index contributed by atoms with van der Waals surface area (Å²) >= 11 is 1.44. The highest BCUT2D eigenvalue weighted by Crippen LogP contribution is 2.27. The van der Waals surface area contributed by atoms with Gasteiger partial charge in [0.2, 0.25) is 11.0 Å². The fourth-order valence-electron chi connectivity index (χ4n) is 2.09. The highest BCUT2D eigenvalue weighted by atomic mass is 32.1. The van der Waals surface area contributed by atoms with Gasteiger partial charge < -0.3 is 9.80 Å². The normalized spacial score (nSPS) is 19.6. The van der Waals surface area contributed by atoms with Crippen molar-refractivity contribution < 1.29 is 4.79 Å². The molecule has 5 nitrogen and oxygen atoms in total. The summed E-state index contributed by atoms with van der Waals surface area (Å²) in [5.74, 6) is 1.58. The van der Waals surface area contributed by atoms with E-state index in [9.17, 15) is 4.79 Å². The van der Waals surface area contributed by atoms with E-state index in [0.29, 0.717) is 5.92 Å². The standard InChI is InChI=1S/C12H20N4OS/c1-8(2)10-13-12(18-14-10)16-6-5-9(7-16)11(17)15(3)4/h8-9H,5-7H2,1-4H3. The van der Waals surface area contributed by atoms with E-state index in [4.69, 9.17) is 0 Å². The van der Waals surface area contributed by atoms with E-state index in [1.54, 1.807) is 4.90 Å². The van der Waals surface area contributed by atoms with Crippen LogP contribution in [0.15, 0.2) is 0 Å². The molecule has 1 aliphatic rings. The van der Waals surface area contributed by atoms with Crippen LogP contribution in [0.3, 0.4) is 0 Å². The van der Waals surface area contributed by atoms with Crippen molar-refractivity contribution in [3.8, 4) is 0 Å². The maximum absolute atomic E-state index is 11.9. The van der Waals surface area contributed by atoms with Gasteiger partial charge in [0.25, 0.3) is 0 Å². The number of rotatable bonds is 3. The molecule has 0 saturated carbocycles. The van der Waals surface area contributed by atoms with E-state index in [2.05, 4.69) is 28.1 Å². The van der Waals surface area contributed by atoms with Crippen LogP contribution in [0.2, 0.25) is 0 Å².